The van der Waals surface area contributed by atoms with E-state index >= 15 is 0 Å². The van der Waals surface area contributed by atoms with E-state index in [1.165, 1.54) is 11.3 Å². The van der Waals surface area contributed by atoms with Crippen molar-refractivity contribution in [1.29, 1.82) is 0 Å². The summed E-state index contributed by atoms with van der Waals surface area (Å²) in [5.74, 6) is 0.814. The number of benzene rings is 1. The average Bonchev–Trinajstić information content (AvgIpc) is 3.28. The van der Waals surface area contributed by atoms with E-state index in [1.807, 2.05) is 55.6 Å². The summed E-state index contributed by atoms with van der Waals surface area (Å²) in [4.78, 5) is 22.2. The third-order valence-corrected chi connectivity index (χ3v) is 5.94. The van der Waals surface area contributed by atoms with Crippen LogP contribution in [0, 0.1) is 0 Å². The van der Waals surface area contributed by atoms with E-state index in [1.54, 1.807) is 23.0 Å². The van der Waals surface area contributed by atoms with Gasteiger partial charge in [0, 0.05) is 29.0 Å². The van der Waals surface area contributed by atoms with Crippen LogP contribution in [0.4, 0.5) is 5.69 Å². The fourth-order valence-corrected chi connectivity index (χ4v) is 4.36. The smallest absolute Gasteiger partial charge is 0.260 e. The molecule has 31 heavy (non-hydrogen) atoms. The number of pyridine rings is 2. The van der Waals surface area contributed by atoms with Crippen molar-refractivity contribution in [2.24, 2.45) is 0 Å². The molecule has 0 unspecified atom stereocenters. The summed E-state index contributed by atoms with van der Waals surface area (Å²) in [6, 6.07) is 13.4. The highest BCUT2D eigenvalue weighted by Crippen LogP contribution is 2.28. The maximum Gasteiger partial charge on any atom is 0.260 e. The Balaban J connectivity index is 1.73. The lowest BCUT2D eigenvalue weighted by Gasteiger charge is -2.16. The van der Waals surface area contributed by atoms with E-state index in [4.69, 9.17) is 15.5 Å². The summed E-state index contributed by atoms with van der Waals surface area (Å²) in [5.41, 5.74) is 10.8. The van der Waals surface area contributed by atoms with Crippen molar-refractivity contribution in [3.63, 3.8) is 0 Å². The monoisotopic (exact) mass is 432 g/mol. The minimum Gasteiger partial charge on any atom is -0.494 e. The van der Waals surface area contributed by atoms with Gasteiger partial charge in [-0.15, -0.1) is 11.3 Å². The van der Waals surface area contributed by atoms with Crippen molar-refractivity contribution in [2.45, 2.75) is 26.8 Å². The van der Waals surface area contributed by atoms with Gasteiger partial charge in [0.05, 0.1) is 30.1 Å². The number of nitrogens with zero attached hydrogens (tertiary/aromatic N) is 3. The van der Waals surface area contributed by atoms with E-state index in [0.717, 1.165) is 27.6 Å². The van der Waals surface area contributed by atoms with Crippen LogP contribution in [0.15, 0.2) is 65.0 Å². The minimum atomic E-state index is -0.0912. The molecule has 0 fully saturated rings. The van der Waals surface area contributed by atoms with Crippen LogP contribution in [0.3, 0.4) is 0 Å². The summed E-state index contributed by atoms with van der Waals surface area (Å²) < 4.78 is 7.27. The molecule has 0 radical (unpaired) electrons. The number of hydrogen-bond donors (Lipinski definition) is 1. The Morgan fingerprint density at radius 1 is 1.10 bits per heavy atom. The topological polar surface area (TPSA) is 83.0 Å². The van der Waals surface area contributed by atoms with E-state index < -0.39 is 0 Å². The zero-order chi connectivity index (χ0) is 21.8. The Hall–Kier alpha value is -3.45. The molecule has 4 aromatic rings. The molecule has 4 rings (SSSR count). The van der Waals surface area contributed by atoms with Gasteiger partial charge in [-0.2, -0.15) is 0 Å². The van der Waals surface area contributed by atoms with Gasteiger partial charge in [0.15, 0.2) is 0 Å². The van der Waals surface area contributed by atoms with Gasteiger partial charge in [0.25, 0.3) is 5.56 Å². The van der Waals surface area contributed by atoms with Crippen molar-refractivity contribution in [2.75, 3.05) is 12.3 Å². The third kappa shape index (κ3) is 4.36. The molecule has 2 N–H and O–H groups in total. The van der Waals surface area contributed by atoms with Crippen LogP contribution in [0.5, 0.6) is 5.75 Å². The summed E-state index contributed by atoms with van der Waals surface area (Å²) in [6.45, 7) is 5.01. The van der Waals surface area contributed by atoms with Crippen LogP contribution >= 0.6 is 11.3 Å². The van der Waals surface area contributed by atoms with Gasteiger partial charge in [0.1, 0.15) is 10.8 Å². The van der Waals surface area contributed by atoms with Crippen LogP contribution in [-0.2, 0) is 13.0 Å². The second-order valence-electron chi connectivity index (χ2n) is 7.06. The van der Waals surface area contributed by atoms with Crippen molar-refractivity contribution >= 4 is 17.0 Å². The second kappa shape index (κ2) is 9.14. The molecule has 0 spiro atoms. The molecular weight excluding hydrogens is 408 g/mol. The minimum absolute atomic E-state index is 0.0912. The standard InChI is InChI=1S/C24H24N4O2S/c1-3-22-20(25)13-19(21-15-31-23(27-21)17-9-11-26-12-10-17)24(29)28(22)14-16-5-7-18(8-6-16)30-4-2/h5-13,15H,3-4,14,25H2,1-2H3. The van der Waals surface area contributed by atoms with E-state index in [2.05, 4.69) is 4.98 Å². The Morgan fingerprint density at radius 3 is 2.52 bits per heavy atom. The number of aromatic nitrogens is 3. The number of rotatable bonds is 7. The fourth-order valence-electron chi connectivity index (χ4n) is 3.53. The number of anilines is 1. The average molecular weight is 433 g/mol. The van der Waals surface area contributed by atoms with Gasteiger partial charge in [-0.3, -0.25) is 9.78 Å². The lowest BCUT2D eigenvalue weighted by molar-refractivity contribution is 0.340. The first-order valence-corrected chi connectivity index (χ1v) is 11.1. The lowest BCUT2D eigenvalue weighted by Crippen LogP contribution is -2.26. The molecular formula is C24H24N4O2S. The zero-order valence-corrected chi connectivity index (χ0v) is 18.4. The molecule has 3 aromatic heterocycles. The summed E-state index contributed by atoms with van der Waals surface area (Å²) in [7, 11) is 0. The first-order valence-electron chi connectivity index (χ1n) is 10.2. The van der Waals surface area contributed by atoms with Crippen LogP contribution in [0.25, 0.3) is 21.8 Å². The molecule has 0 atom stereocenters. The van der Waals surface area contributed by atoms with E-state index in [-0.39, 0.29) is 5.56 Å². The summed E-state index contributed by atoms with van der Waals surface area (Å²) >= 11 is 1.50. The molecule has 158 valence electrons. The number of nitrogens with two attached hydrogens (primary N) is 1. The number of ether oxygens (including phenoxy) is 1. The molecule has 1 aromatic carbocycles. The molecule has 0 saturated carbocycles. The number of hydrogen-bond acceptors (Lipinski definition) is 6. The number of thiazole rings is 1. The lowest BCUT2D eigenvalue weighted by atomic mass is 10.1. The molecule has 6 nitrogen and oxygen atoms in total. The van der Waals surface area contributed by atoms with Crippen molar-refractivity contribution in [1.82, 2.24) is 14.5 Å². The van der Waals surface area contributed by atoms with Crippen LogP contribution in [0.2, 0.25) is 0 Å². The summed E-state index contributed by atoms with van der Waals surface area (Å²) in [6.07, 6.45) is 4.13. The molecule has 0 aliphatic rings. The van der Waals surface area contributed by atoms with Crippen molar-refractivity contribution in [3.05, 3.63) is 81.8 Å². The maximum absolute atomic E-state index is 13.5. The SMILES string of the molecule is CCOc1ccc(Cn2c(CC)c(N)cc(-c3csc(-c4ccncc4)n3)c2=O)cc1. The van der Waals surface area contributed by atoms with Crippen molar-refractivity contribution in [3.8, 4) is 27.6 Å². The molecule has 0 amide bonds. The summed E-state index contributed by atoms with van der Waals surface area (Å²) in [5, 5.41) is 2.74. The first-order chi connectivity index (χ1) is 15.1. The number of nitrogen functional groups attached to an aromatic ring is 1. The van der Waals surface area contributed by atoms with Gasteiger partial charge in [-0.1, -0.05) is 19.1 Å². The van der Waals surface area contributed by atoms with E-state index in [0.29, 0.717) is 36.5 Å². The molecule has 3 heterocycles. The van der Waals surface area contributed by atoms with Gasteiger partial charge in [-0.05, 0) is 49.2 Å². The van der Waals surface area contributed by atoms with Crippen LogP contribution < -0.4 is 16.0 Å². The van der Waals surface area contributed by atoms with Gasteiger partial charge >= 0.3 is 0 Å². The molecule has 0 aliphatic heterocycles. The van der Waals surface area contributed by atoms with Crippen LogP contribution in [0.1, 0.15) is 25.1 Å². The molecule has 0 bridgehead atoms. The Labute approximate surface area is 185 Å². The Kier molecular flexibility index (Phi) is 6.13. The van der Waals surface area contributed by atoms with Gasteiger partial charge in [0.2, 0.25) is 0 Å². The quantitative estimate of drug-likeness (QED) is 0.460. The van der Waals surface area contributed by atoms with E-state index in [9.17, 15) is 4.79 Å². The third-order valence-electron chi connectivity index (χ3n) is 5.05. The first kappa shape index (κ1) is 20.8. The Bertz CT molecular complexity index is 1230. The predicted molar refractivity (Wildman–Crippen MR) is 126 cm³/mol. The zero-order valence-electron chi connectivity index (χ0n) is 17.5. The van der Waals surface area contributed by atoms with Crippen molar-refractivity contribution < 1.29 is 4.74 Å². The molecule has 0 saturated heterocycles. The predicted octanol–water partition coefficient (Wildman–Crippen LogP) is 4.63. The van der Waals surface area contributed by atoms with Gasteiger partial charge < -0.3 is 15.0 Å². The van der Waals surface area contributed by atoms with Crippen LogP contribution in [-0.4, -0.2) is 21.1 Å². The Morgan fingerprint density at radius 2 is 1.84 bits per heavy atom. The second-order valence-corrected chi connectivity index (χ2v) is 7.91. The highest BCUT2D eigenvalue weighted by molar-refractivity contribution is 7.13. The molecule has 7 heteroatoms. The maximum atomic E-state index is 13.5. The fraction of sp³-hybridized carbons (Fsp3) is 0.208. The normalized spacial score (nSPS) is 10.9. The highest BCUT2D eigenvalue weighted by Gasteiger charge is 2.16. The highest BCUT2D eigenvalue weighted by atomic mass is 32.1. The largest absolute Gasteiger partial charge is 0.494 e. The molecule has 0 aliphatic carbocycles. The van der Waals surface area contributed by atoms with Gasteiger partial charge in [-0.25, -0.2) is 4.98 Å².